The molecule has 2 rings (SSSR count). The van der Waals surface area contributed by atoms with Crippen LogP contribution in [-0.4, -0.2) is 19.7 Å². The highest BCUT2D eigenvalue weighted by atomic mass is 79.9. The van der Waals surface area contributed by atoms with Crippen LogP contribution in [-0.2, 0) is 6.42 Å². The molecule has 2 nitrogen and oxygen atoms in total. The number of hydrogen-bond donors (Lipinski definition) is 1. The van der Waals surface area contributed by atoms with Gasteiger partial charge in [0, 0.05) is 10.5 Å². The van der Waals surface area contributed by atoms with Crippen molar-refractivity contribution in [1.29, 1.82) is 0 Å². The number of halogens is 1. The Morgan fingerprint density at radius 3 is 2.83 bits per heavy atom. The third-order valence-electron chi connectivity index (χ3n) is 3.61. The van der Waals surface area contributed by atoms with Crippen LogP contribution < -0.4 is 10.1 Å². The number of hydrogen-bond acceptors (Lipinski definition) is 2. The first-order valence-electron chi connectivity index (χ1n) is 6.78. The predicted molar refractivity (Wildman–Crippen MR) is 79.2 cm³/mol. The molecule has 1 atom stereocenters. The van der Waals surface area contributed by atoms with E-state index < -0.39 is 0 Å². The van der Waals surface area contributed by atoms with Crippen molar-refractivity contribution in [2.75, 3.05) is 13.7 Å². The number of methoxy groups -OCH3 is 1. The summed E-state index contributed by atoms with van der Waals surface area (Å²) in [6.45, 7) is 3.40. The Morgan fingerprint density at radius 1 is 1.44 bits per heavy atom. The van der Waals surface area contributed by atoms with Gasteiger partial charge in [0.1, 0.15) is 5.75 Å². The zero-order valence-electron chi connectivity index (χ0n) is 11.2. The minimum absolute atomic E-state index is 0.703. The highest BCUT2D eigenvalue weighted by molar-refractivity contribution is 9.10. The fourth-order valence-corrected chi connectivity index (χ4v) is 2.54. The van der Waals surface area contributed by atoms with E-state index in [0.29, 0.717) is 5.92 Å². The summed E-state index contributed by atoms with van der Waals surface area (Å²) in [5.41, 5.74) is 1.35. The molecule has 0 saturated heterocycles. The lowest BCUT2D eigenvalue weighted by atomic mass is 9.96. The lowest BCUT2D eigenvalue weighted by Crippen LogP contribution is -2.25. The van der Waals surface area contributed by atoms with Gasteiger partial charge in [-0.1, -0.05) is 29.3 Å². The second-order valence-electron chi connectivity index (χ2n) is 5.12. The van der Waals surface area contributed by atoms with Crippen LogP contribution in [0.25, 0.3) is 0 Å². The first-order valence-corrected chi connectivity index (χ1v) is 7.58. The number of benzene rings is 1. The molecule has 1 unspecified atom stereocenters. The van der Waals surface area contributed by atoms with Crippen LogP contribution in [0.2, 0.25) is 0 Å². The van der Waals surface area contributed by atoms with E-state index in [1.54, 1.807) is 7.11 Å². The summed E-state index contributed by atoms with van der Waals surface area (Å²) in [6.07, 6.45) is 5.04. The van der Waals surface area contributed by atoms with Gasteiger partial charge in [-0.05, 0) is 55.5 Å². The lowest BCUT2D eigenvalue weighted by molar-refractivity contribution is 0.412. The van der Waals surface area contributed by atoms with E-state index in [0.717, 1.165) is 24.8 Å². The van der Waals surface area contributed by atoms with Crippen molar-refractivity contribution in [1.82, 2.24) is 5.32 Å². The summed E-state index contributed by atoms with van der Waals surface area (Å²) >= 11 is 3.63. The Bertz CT molecular complexity index is 390. The Hall–Kier alpha value is -0.540. The second-order valence-corrected chi connectivity index (χ2v) is 5.97. The molecule has 1 aromatic carbocycles. The summed E-state index contributed by atoms with van der Waals surface area (Å²) < 4.78 is 6.48. The summed E-state index contributed by atoms with van der Waals surface area (Å²) in [6, 6.07) is 7.02. The monoisotopic (exact) mass is 311 g/mol. The quantitative estimate of drug-likeness (QED) is 0.827. The second kappa shape index (κ2) is 6.58. The van der Waals surface area contributed by atoms with Gasteiger partial charge in [0.2, 0.25) is 0 Å². The maximum atomic E-state index is 5.30. The van der Waals surface area contributed by atoms with Crippen LogP contribution in [0.15, 0.2) is 22.7 Å². The number of nitrogens with one attached hydrogen (secondary N) is 1. The molecule has 0 spiro atoms. The highest BCUT2D eigenvalue weighted by Gasteiger charge is 2.21. The SMILES string of the molecule is CCC(CNC1CC1)Cc1cc(OC)ccc1Br. The fraction of sp³-hybridized carbons (Fsp3) is 0.600. The van der Waals surface area contributed by atoms with E-state index in [1.807, 2.05) is 6.07 Å². The molecular weight excluding hydrogens is 290 g/mol. The van der Waals surface area contributed by atoms with Crippen molar-refractivity contribution in [2.45, 2.75) is 38.6 Å². The normalized spacial score (nSPS) is 16.6. The molecule has 0 bridgehead atoms. The first kappa shape index (κ1) is 13.9. The lowest BCUT2D eigenvalue weighted by Gasteiger charge is -2.17. The minimum atomic E-state index is 0.703. The number of rotatable bonds is 7. The minimum Gasteiger partial charge on any atom is -0.497 e. The van der Waals surface area contributed by atoms with Crippen molar-refractivity contribution in [3.63, 3.8) is 0 Å². The molecule has 0 heterocycles. The van der Waals surface area contributed by atoms with Gasteiger partial charge < -0.3 is 10.1 Å². The fourth-order valence-electron chi connectivity index (χ4n) is 2.13. The van der Waals surface area contributed by atoms with Gasteiger partial charge in [0.05, 0.1) is 7.11 Å². The third-order valence-corrected chi connectivity index (χ3v) is 4.38. The predicted octanol–water partition coefficient (Wildman–Crippen LogP) is 3.78. The Labute approximate surface area is 118 Å². The molecule has 100 valence electrons. The Morgan fingerprint density at radius 2 is 2.22 bits per heavy atom. The molecule has 18 heavy (non-hydrogen) atoms. The largest absolute Gasteiger partial charge is 0.497 e. The van der Waals surface area contributed by atoms with Crippen LogP contribution in [0.4, 0.5) is 0 Å². The van der Waals surface area contributed by atoms with E-state index in [4.69, 9.17) is 4.74 Å². The highest BCUT2D eigenvalue weighted by Crippen LogP contribution is 2.26. The molecule has 0 aliphatic heterocycles. The molecule has 1 fully saturated rings. The van der Waals surface area contributed by atoms with Crippen molar-refractivity contribution in [3.05, 3.63) is 28.2 Å². The van der Waals surface area contributed by atoms with E-state index in [1.165, 1.54) is 29.3 Å². The summed E-state index contributed by atoms with van der Waals surface area (Å²) in [5.74, 6) is 1.65. The molecule has 1 aliphatic rings. The molecule has 0 amide bonds. The molecule has 3 heteroatoms. The van der Waals surface area contributed by atoms with Crippen molar-refractivity contribution in [2.24, 2.45) is 5.92 Å². The van der Waals surface area contributed by atoms with Gasteiger partial charge in [-0.15, -0.1) is 0 Å². The summed E-state index contributed by atoms with van der Waals surface area (Å²) in [5, 5.41) is 3.63. The average molecular weight is 312 g/mol. The first-order chi connectivity index (χ1) is 8.72. The molecular formula is C15H22BrNO. The van der Waals surface area contributed by atoms with Crippen LogP contribution in [0.5, 0.6) is 5.75 Å². The van der Waals surface area contributed by atoms with Crippen molar-refractivity contribution in [3.8, 4) is 5.75 Å². The topological polar surface area (TPSA) is 21.3 Å². The molecule has 0 radical (unpaired) electrons. The molecule has 1 aliphatic carbocycles. The van der Waals surface area contributed by atoms with E-state index >= 15 is 0 Å². The zero-order valence-corrected chi connectivity index (χ0v) is 12.8. The van der Waals surface area contributed by atoms with E-state index in [9.17, 15) is 0 Å². The van der Waals surface area contributed by atoms with Crippen LogP contribution in [0.1, 0.15) is 31.7 Å². The van der Waals surface area contributed by atoms with Crippen LogP contribution >= 0.6 is 15.9 Å². The van der Waals surface area contributed by atoms with Gasteiger partial charge in [-0.25, -0.2) is 0 Å². The smallest absolute Gasteiger partial charge is 0.119 e. The summed E-state index contributed by atoms with van der Waals surface area (Å²) in [7, 11) is 1.72. The maximum absolute atomic E-state index is 5.30. The van der Waals surface area contributed by atoms with Gasteiger partial charge in [0.15, 0.2) is 0 Å². The van der Waals surface area contributed by atoms with Crippen molar-refractivity contribution < 1.29 is 4.74 Å². The zero-order chi connectivity index (χ0) is 13.0. The van der Waals surface area contributed by atoms with E-state index in [2.05, 4.69) is 40.3 Å². The van der Waals surface area contributed by atoms with Gasteiger partial charge in [0.25, 0.3) is 0 Å². The standard InChI is InChI=1S/C15H22BrNO/c1-3-11(10-17-13-4-5-13)8-12-9-14(18-2)6-7-15(12)16/h6-7,9,11,13,17H,3-5,8,10H2,1-2H3. The number of ether oxygens (including phenoxy) is 1. The van der Waals surface area contributed by atoms with Gasteiger partial charge in [-0.2, -0.15) is 0 Å². The Balaban J connectivity index is 1.95. The Kier molecular flexibility index (Phi) is 5.07. The molecule has 1 N–H and O–H groups in total. The molecule has 1 aromatic rings. The molecule has 1 saturated carbocycles. The molecule has 0 aromatic heterocycles. The van der Waals surface area contributed by atoms with E-state index in [-0.39, 0.29) is 0 Å². The van der Waals surface area contributed by atoms with Crippen LogP contribution in [0.3, 0.4) is 0 Å². The van der Waals surface area contributed by atoms with Crippen LogP contribution in [0, 0.1) is 5.92 Å². The van der Waals surface area contributed by atoms with Crippen molar-refractivity contribution >= 4 is 15.9 Å². The maximum Gasteiger partial charge on any atom is 0.119 e. The summed E-state index contributed by atoms with van der Waals surface area (Å²) in [4.78, 5) is 0. The average Bonchev–Trinajstić information content (AvgIpc) is 3.20. The third kappa shape index (κ3) is 3.99. The van der Waals surface area contributed by atoms with Gasteiger partial charge >= 0.3 is 0 Å². The van der Waals surface area contributed by atoms with Gasteiger partial charge in [-0.3, -0.25) is 0 Å².